The molecule has 1 aliphatic carbocycles. The van der Waals surface area contributed by atoms with Gasteiger partial charge in [-0.25, -0.2) is 4.99 Å². The molecule has 3 rings (SSSR count). The second-order valence-corrected chi connectivity index (χ2v) is 6.92. The maximum atomic E-state index is 4.72. The Morgan fingerprint density at radius 2 is 1.96 bits per heavy atom. The first-order valence-electron chi connectivity index (χ1n) is 9.27. The second kappa shape index (κ2) is 8.19. The van der Waals surface area contributed by atoms with Gasteiger partial charge in [-0.3, -0.25) is 4.68 Å². The van der Waals surface area contributed by atoms with Crippen LogP contribution in [0.4, 0.5) is 0 Å². The highest BCUT2D eigenvalue weighted by Gasteiger charge is 2.35. The number of aliphatic imine (C=N–C) groups is 1. The average molecular weight is 339 g/mol. The molecule has 5 heteroatoms. The van der Waals surface area contributed by atoms with Crippen LogP contribution in [-0.4, -0.2) is 28.8 Å². The minimum Gasteiger partial charge on any atom is -0.357 e. The van der Waals surface area contributed by atoms with Crippen molar-refractivity contribution in [3.05, 3.63) is 53.9 Å². The van der Waals surface area contributed by atoms with Crippen molar-refractivity contribution in [2.24, 2.45) is 12.0 Å². The fraction of sp³-hybridized carbons (Fsp3) is 0.500. The monoisotopic (exact) mass is 339 g/mol. The largest absolute Gasteiger partial charge is 0.357 e. The number of benzene rings is 1. The van der Waals surface area contributed by atoms with Crippen LogP contribution in [0, 0.1) is 0 Å². The van der Waals surface area contributed by atoms with E-state index in [0.29, 0.717) is 6.54 Å². The summed E-state index contributed by atoms with van der Waals surface area (Å²) in [6.07, 6.45) is 8.98. The van der Waals surface area contributed by atoms with E-state index in [1.54, 1.807) is 0 Å². The maximum absolute atomic E-state index is 4.72. The van der Waals surface area contributed by atoms with Crippen molar-refractivity contribution in [1.82, 2.24) is 20.4 Å². The molecule has 0 saturated heterocycles. The maximum Gasteiger partial charge on any atom is 0.191 e. The molecule has 2 N–H and O–H groups in total. The van der Waals surface area contributed by atoms with Gasteiger partial charge >= 0.3 is 0 Å². The first-order chi connectivity index (χ1) is 12.2. The molecule has 5 nitrogen and oxygen atoms in total. The van der Waals surface area contributed by atoms with Crippen molar-refractivity contribution in [3.63, 3.8) is 0 Å². The molecule has 0 amide bonds. The first-order valence-corrected chi connectivity index (χ1v) is 9.27. The number of nitrogens with zero attached hydrogens (tertiary/aromatic N) is 3. The Labute approximate surface area is 150 Å². The summed E-state index contributed by atoms with van der Waals surface area (Å²) in [6, 6.07) is 10.9. The molecular formula is C20H29N5. The highest BCUT2D eigenvalue weighted by Crippen LogP contribution is 2.40. The van der Waals surface area contributed by atoms with E-state index in [2.05, 4.69) is 53.0 Å². The second-order valence-electron chi connectivity index (χ2n) is 6.92. The van der Waals surface area contributed by atoms with Gasteiger partial charge in [-0.15, -0.1) is 0 Å². The van der Waals surface area contributed by atoms with E-state index in [4.69, 9.17) is 4.99 Å². The summed E-state index contributed by atoms with van der Waals surface area (Å²) in [4.78, 5) is 4.72. The molecule has 0 aliphatic heterocycles. The topological polar surface area (TPSA) is 54.2 Å². The average Bonchev–Trinajstić information content (AvgIpc) is 3.28. The summed E-state index contributed by atoms with van der Waals surface area (Å²) in [5.74, 6) is 0.883. The summed E-state index contributed by atoms with van der Waals surface area (Å²) >= 11 is 0. The van der Waals surface area contributed by atoms with E-state index >= 15 is 0 Å². The third-order valence-electron chi connectivity index (χ3n) is 5.06. The fourth-order valence-corrected chi connectivity index (χ4v) is 3.73. The van der Waals surface area contributed by atoms with E-state index in [-0.39, 0.29) is 5.41 Å². The van der Waals surface area contributed by atoms with Crippen LogP contribution >= 0.6 is 0 Å². The zero-order chi connectivity index (χ0) is 17.5. The zero-order valence-corrected chi connectivity index (χ0v) is 15.3. The molecule has 0 bridgehead atoms. The number of hydrogen-bond acceptors (Lipinski definition) is 2. The number of hydrogen-bond donors (Lipinski definition) is 2. The van der Waals surface area contributed by atoms with Crippen LogP contribution in [-0.2, 0) is 19.0 Å². The molecule has 0 radical (unpaired) electrons. The van der Waals surface area contributed by atoms with Crippen LogP contribution in [0.3, 0.4) is 0 Å². The predicted molar refractivity (Wildman–Crippen MR) is 103 cm³/mol. The summed E-state index contributed by atoms with van der Waals surface area (Å²) < 4.78 is 1.81. The van der Waals surface area contributed by atoms with Gasteiger partial charge in [-0.05, 0) is 25.3 Å². The van der Waals surface area contributed by atoms with Crippen molar-refractivity contribution >= 4 is 5.96 Å². The molecule has 0 unspecified atom stereocenters. The number of aromatic nitrogens is 2. The zero-order valence-electron chi connectivity index (χ0n) is 15.3. The third-order valence-corrected chi connectivity index (χ3v) is 5.06. The van der Waals surface area contributed by atoms with Crippen LogP contribution in [0.25, 0.3) is 0 Å². The van der Waals surface area contributed by atoms with Crippen molar-refractivity contribution in [3.8, 4) is 0 Å². The van der Waals surface area contributed by atoms with Gasteiger partial charge < -0.3 is 10.6 Å². The lowest BCUT2D eigenvalue weighted by atomic mass is 9.79. The third kappa shape index (κ3) is 4.41. The van der Waals surface area contributed by atoms with E-state index in [1.807, 2.05) is 24.1 Å². The lowest BCUT2D eigenvalue weighted by molar-refractivity contribution is 0.431. The summed E-state index contributed by atoms with van der Waals surface area (Å²) in [6.45, 7) is 4.53. The molecule has 0 spiro atoms. The standard InChI is InChI=1S/C20H29N5/c1-3-21-19(22-13-17-14-24-25(2)15-17)23-16-20(11-7-8-12-20)18-9-5-4-6-10-18/h4-6,9-10,14-15H,3,7-8,11-13,16H2,1-2H3,(H2,21,22,23). The van der Waals surface area contributed by atoms with Crippen molar-refractivity contribution < 1.29 is 0 Å². The smallest absolute Gasteiger partial charge is 0.191 e. The molecule has 1 aromatic carbocycles. The number of guanidine groups is 1. The number of nitrogens with one attached hydrogen (secondary N) is 2. The molecule has 134 valence electrons. The molecule has 1 heterocycles. The summed E-state index contributed by atoms with van der Waals surface area (Å²) in [7, 11) is 1.93. The number of rotatable bonds is 6. The highest BCUT2D eigenvalue weighted by molar-refractivity contribution is 5.79. The Balaban J connectivity index is 1.68. The predicted octanol–water partition coefficient (Wildman–Crippen LogP) is 2.99. The molecular weight excluding hydrogens is 310 g/mol. The van der Waals surface area contributed by atoms with Crippen molar-refractivity contribution in [2.75, 3.05) is 13.1 Å². The van der Waals surface area contributed by atoms with Gasteiger partial charge in [0.15, 0.2) is 5.96 Å². The Hall–Kier alpha value is -2.30. The lowest BCUT2D eigenvalue weighted by Gasteiger charge is -2.30. The molecule has 1 aliphatic rings. The minimum absolute atomic E-state index is 0.228. The first kappa shape index (κ1) is 17.5. The van der Waals surface area contributed by atoms with Gasteiger partial charge in [0.25, 0.3) is 0 Å². The van der Waals surface area contributed by atoms with Gasteiger partial charge in [-0.2, -0.15) is 5.10 Å². The molecule has 1 saturated carbocycles. The van der Waals surface area contributed by atoms with Gasteiger partial charge in [0.1, 0.15) is 0 Å². The molecule has 25 heavy (non-hydrogen) atoms. The van der Waals surface area contributed by atoms with Gasteiger partial charge in [-0.1, -0.05) is 43.2 Å². The number of aryl methyl sites for hydroxylation is 1. The van der Waals surface area contributed by atoms with E-state index in [1.165, 1.54) is 31.2 Å². The normalized spacial score (nSPS) is 16.8. The van der Waals surface area contributed by atoms with E-state index in [9.17, 15) is 0 Å². The van der Waals surface area contributed by atoms with Gasteiger partial charge in [0.2, 0.25) is 0 Å². The molecule has 1 fully saturated rings. The summed E-state index contributed by atoms with van der Waals surface area (Å²) in [5, 5.41) is 11.2. The van der Waals surface area contributed by atoms with Crippen molar-refractivity contribution in [1.29, 1.82) is 0 Å². The Morgan fingerprint density at radius 1 is 1.20 bits per heavy atom. The molecule has 0 atom stereocenters. The quantitative estimate of drug-likeness (QED) is 0.628. The fourth-order valence-electron chi connectivity index (χ4n) is 3.73. The van der Waals surface area contributed by atoms with Crippen LogP contribution in [0.15, 0.2) is 47.7 Å². The highest BCUT2D eigenvalue weighted by atomic mass is 15.2. The van der Waals surface area contributed by atoms with E-state index in [0.717, 1.165) is 24.6 Å². The van der Waals surface area contributed by atoms with Crippen LogP contribution < -0.4 is 10.6 Å². The van der Waals surface area contributed by atoms with Gasteiger partial charge in [0, 0.05) is 37.3 Å². The summed E-state index contributed by atoms with van der Waals surface area (Å²) in [5.41, 5.74) is 2.80. The lowest BCUT2D eigenvalue weighted by Crippen LogP contribution is -2.44. The van der Waals surface area contributed by atoms with Crippen molar-refractivity contribution in [2.45, 2.75) is 44.6 Å². The van der Waals surface area contributed by atoms with Crippen LogP contribution in [0.5, 0.6) is 0 Å². The molecule has 2 aromatic rings. The van der Waals surface area contributed by atoms with Gasteiger partial charge in [0.05, 0.1) is 12.7 Å². The van der Waals surface area contributed by atoms with E-state index < -0.39 is 0 Å². The molecule has 1 aromatic heterocycles. The Kier molecular flexibility index (Phi) is 5.74. The van der Waals surface area contributed by atoms with Crippen LogP contribution in [0.1, 0.15) is 43.7 Å². The Bertz CT molecular complexity index is 683. The van der Waals surface area contributed by atoms with Crippen LogP contribution in [0.2, 0.25) is 0 Å². The minimum atomic E-state index is 0.228. The Morgan fingerprint density at radius 3 is 2.60 bits per heavy atom. The SMILES string of the molecule is CCNC(=NCc1cnn(C)c1)NCC1(c2ccccc2)CCCC1.